The fourth-order valence-electron chi connectivity index (χ4n) is 4.26. The molecule has 1 unspecified atom stereocenters. The fourth-order valence-corrected chi connectivity index (χ4v) is 7.57. The van der Waals surface area contributed by atoms with Crippen LogP contribution in [0.1, 0.15) is 83.6 Å². The third-order valence-electron chi connectivity index (χ3n) is 7.43. The molecule has 0 bridgehead atoms. The van der Waals surface area contributed by atoms with Gasteiger partial charge in [0.05, 0.1) is 12.7 Å². The number of aromatic nitrogens is 1. The molecule has 0 aliphatic heterocycles. The van der Waals surface area contributed by atoms with Crippen LogP contribution in [0.5, 0.6) is 0 Å². The van der Waals surface area contributed by atoms with Crippen LogP contribution in [-0.4, -0.2) is 48.9 Å². The zero-order valence-electron chi connectivity index (χ0n) is 23.3. The summed E-state index contributed by atoms with van der Waals surface area (Å²) in [7, 11) is -1.85. The van der Waals surface area contributed by atoms with Crippen LogP contribution in [0.15, 0.2) is 34.0 Å². The molecule has 0 radical (unpaired) electrons. The minimum atomic E-state index is -1.85. The van der Waals surface area contributed by atoms with Gasteiger partial charge in [-0.1, -0.05) is 50.3 Å². The summed E-state index contributed by atoms with van der Waals surface area (Å²) in [5, 5.41) is 12.6. The first-order valence-corrected chi connectivity index (χ1v) is 18.0. The second kappa shape index (κ2) is 14.3. The van der Waals surface area contributed by atoms with Crippen LogP contribution < -0.4 is 0 Å². The molecule has 1 fully saturated rings. The number of hydrogen-bond acceptors (Lipinski definition) is 7. The van der Waals surface area contributed by atoms with Crippen molar-refractivity contribution in [2.24, 2.45) is 11.8 Å². The minimum Gasteiger partial charge on any atom is -0.461 e. The topological polar surface area (TPSA) is 68.7 Å². The van der Waals surface area contributed by atoms with Gasteiger partial charge in [-0.05, 0) is 82.3 Å². The van der Waals surface area contributed by atoms with Crippen molar-refractivity contribution in [3.05, 3.63) is 35.4 Å². The van der Waals surface area contributed by atoms with E-state index in [1.165, 1.54) is 16.9 Å². The minimum absolute atomic E-state index is 0.186. The van der Waals surface area contributed by atoms with Gasteiger partial charge in [-0.2, -0.15) is 0 Å². The Kier molecular flexibility index (Phi) is 12.4. The highest BCUT2D eigenvalue weighted by molar-refractivity contribution is 8.01. The quantitative estimate of drug-likeness (QED) is 0.109. The van der Waals surface area contributed by atoms with Crippen LogP contribution in [0.25, 0.3) is 0 Å². The summed E-state index contributed by atoms with van der Waals surface area (Å²) in [6, 6.07) is 0. The molecule has 0 amide bonds. The van der Waals surface area contributed by atoms with Crippen LogP contribution in [0, 0.1) is 11.8 Å². The zero-order chi connectivity index (χ0) is 26.9. The largest absolute Gasteiger partial charge is 0.461 e. The first-order chi connectivity index (χ1) is 16.8. The van der Waals surface area contributed by atoms with Crippen LogP contribution in [0.3, 0.4) is 0 Å². The van der Waals surface area contributed by atoms with Crippen molar-refractivity contribution in [1.29, 1.82) is 0 Å². The summed E-state index contributed by atoms with van der Waals surface area (Å²) in [6.07, 6.45) is 10.3. The number of thioether (sulfide) groups is 1. The molecule has 0 aromatic carbocycles. The predicted octanol–water partition coefficient (Wildman–Crippen LogP) is 7.88. The van der Waals surface area contributed by atoms with E-state index >= 15 is 0 Å². The van der Waals surface area contributed by atoms with Crippen molar-refractivity contribution >= 4 is 37.4 Å². The highest BCUT2D eigenvalue weighted by Crippen LogP contribution is 2.39. The van der Waals surface area contributed by atoms with E-state index in [0.717, 1.165) is 48.6 Å². The van der Waals surface area contributed by atoms with E-state index in [0.29, 0.717) is 18.2 Å². The molecule has 1 aromatic rings. The number of allylic oxidation sites excluding steroid dienone is 2. The number of aliphatic hydroxyl groups is 1. The van der Waals surface area contributed by atoms with Crippen molar-refractivity contribution in [2.45, 2.75) is 108 Å². The SMILES string of the molecule is C=C(C)CCC(C/C=C/[C@@H]1CC[C@H](O)[C@@H]1CCSc1nc(C(=O)OCC)cs1)O[Si](C)(C)C(C)(C)C. The maximum Gasteiger partial charge on any atom is 0.357 e. The number of carbonyl (C=O) groups excluding carboxylic acids is 1. The van der Waals surface area contributed by atoms with Crippen LogP contribution in [0.4, 0.5) is 0 Å². The Bertz CT molecular complexity index is 877. The third-order valence-corrected chi connectivity index (χ3v) is 14.0. The Morgan fingerprint density at radius 3 is 2.75 bits per heavy atom. The molecule has 4 atom stereocenters. The van der Waals surface area contributed by atoms with Crippen molar-refractivity contribution < 1.29 is 19.1 Å². The average Bonchev–Trinajstić information content (AvgIpc) is 3.38. The highest BCUT2D eigenvalue weighted by Gasteiger charge is 2.39. The number of aliphatic hydroxyl groups excluding tert-OH is 1. The van der Waals surface area contributed by atoms with Gasteiger partial charge in [0.2, 0.25) is 0 Å². The van der Waals surface area contributed by atoms with E-state index in [1.54, 1.807) is 24.1 Å². The predicted molar refractivity (Wildman–Crippen MR) is 156 cm³/mol. The number of esters is 1. The first kappa shape index (κ1) is 31.3. The normalized spacial score (nSPS) is 21.7. The lowest BCUT2D eigenvalue weighted by molar-refractivity contribution is 0.0520. The molecule has 204 valence electrons. The van der Waals surface area contributed by atoms with Crippen molar-refractivity contribution in [1.82, 2.24) is 4.98 Å². The standard InChI is InChI=1S/C28H47NO4S2Si/c1-9-32-26(31)24-19-35-27(29-24)34-18-17-23-21(14-16-25(23)30)11-10-12-22(15-13-20(2)3)33-36(7,8)28(4,5)6/h10-11,19,21-23,25,30H,2,9,12-18H2,1,3-8H3/b11-10+/t21-,22?,23-,25+/m1/s1. The van der Waals surface area contributed by atoms with Gasteiger partial charge in [-0.25, -0.2) is 9.78 Å². The summed E-state index contributed by atoms with van der Waals surface area (Å²) in [4.78, 5) is 16.2. The van der Waals surface area contributed by atoms with Crippen molar-refractivity contribution in [3.8, 4) is 0 Å². The number of rotatable bonds is 14. The van der Waals surface area contributed by atoms with Crippen LogP contribution >= 0.6 is 23.1 Å². The van der Waals surface area contributed by atoms with E-state index in [9.17, 15) is 9.90 Å². The molecule has 1 aromatic heterocycles. The van der Waals surface area contributed by atoms with Gasteiger partial charge in [0.25, 0.3) is 0 Å². The van der Waals surface area contributed by atoms with E-state index in [2.05, 4.69) is 64.5 Å². The van der Waals surface area contributed by atoms with Gasteiger partial charge < -0.3 is 14.3 Å². The maximum absolute atomic E-state index is 11.8. The molecule has 36 heavy (non-hydrogen) atoms. The lowest BCUT2D eigenvalue weighted by Gasteiger charge is -2.39. The zero-order valence-corrected chi connectivity index (χ0v) is 26.0. The second-order valence-corrected chi connectivity index (χ2v) is 18.4. The summed E-state index contributed by atoms with van der Waals surface area (Å²) < 4.78 is 12.7. The highest BCUT2D eigenvalue weighted by atomic mass is 32.2. The molecular formula is C28H47NO4S2Si. The number of ether oxygens (including phenoxy) is 1. The second-order valence-electron chi connectivity index (χ2n) is 11.5. The van der Waals surface area contributed by atoms with Gasteiger partial charge in [0.15, 0.2) is 18.4 Å². The van der Waals surface area contributed by atoms with E-state index in [-0.39, 0.29) is 29.1 Å². The summed E-state index contributed by atoms with van der Waals surface area (Å²) in [5.41, 5.74) is 1.58. The molecule has 1 N–H and O–H groups in total. The number of thiazole rings is 1. The molecule has 8 heteroatoms. The van der Waals surface area contributed by atoms with Crippen LogP contribution in [-0.2, 0) is 9.16 Å². The summed E-state index contributed by atoms with van der Waals surface area (Å²) in [5.74, 6) is 1.16. The van der Waals surface area contributed by atoms with Crippen LogP contribution in [0.2, 0.25) is 18.1 Å². The Labute approximate surface area is 228 Å². The Morgan fingerprint density at radius 1 is 1.39 bits per heavy atom. The number of carbonyl (C=O) groups is 1. The molecule has 0 spiro atoms. The Hall–Kier alpha value is -0.933. The summed E-state index contributed by atoms with van der Waals surface area (Å²) >= 11 is 3.13. The van der Waals surface area contributed by atoms with Gasteiger partial charge >= 0.3 is 5.97 Å². The Balaban J connectivity index is 1.92. The molecule has 1 aliphatic carbocycles. The van der Waals surface area contributed by atoms with Gasteiger partial charge in [-0.3, -0.25) is 0 Å². The van der Waals surface area contributed by atoms with E-state index in [4.69, 9.17) is 9.16 Å². The average molecular weight is 554 g/mol. The van der Waals surface area contributed by atoms with Gasteiger partial charge in [0, 0.05) is 17.2 Å². The number of hydrogen-bond donors (Lipinski definition) is 1. The monoisotopic (exact) mass is 553 g/mol. The third kappa shape index (κ3) is 9.75. The van der Waals surface area contributed by atoms with Gasteiger partial charge in [0.1, 0.15) is 0 Å². The maximum atomic E-state index is 11.8. The lowest BCUT2D eigenvalue weighted by atomic mass is 9.91. The molecule has 5 nitrogen and oxygen atoms in total. The molecule has 0 saturated heterocycles. The number of nitrogens with zero attached hydrogens (tertiary/aromatic N) is 1. The molecule has 1 aliphatic rings. The molecule has 1 heterocycles. The van der Waals surface area contributed by atoms with Crippen molar-refractivity contribution in [3.63, 3.8) is 0 Å². The van der Waals surface area contributed by atoms with E-state index < -0.39 is 8.32 Å². The van der Waals surface area contributed by atoms with E-state index in [1.807, 2.05) is 0 Å². The molecule has 2 rings (SSSR count). The Morgan fingerprint density at radius 2 is 2.11 bits per heavy atom. The fraction of sp³-hybridized carbons (Fsp3) is 0.714. The van der Waals surface area contributed by atoms with Gasteiger partial charge in [-0.15, -0.1) is 17.9 Å². The first-order valence-electron chi connectivity index (χ1n) is 13.3. The van der Waals surface area contributed by atoms with Crippen molar-refractivity contribution in [2.75, 3.05) is 12.4 Å². The lowest BCUT2D eigenvalue weighted by Crippen LogP contribution is -2.43. The molecule has 1 saturated carbocycles. The summed E-state index contributed by atoms with van der Waals surface area (Å²) in [6.45, 7) is 19.8. The molecular weight excluding hydrogens is 507 g/mol. The smallest absolute Gasteiger partial charge is 0.357 e.